The minimum atomic E-state index is -4.48. The van der Waals surface area contributed by atoms with Crippen LogP contribution in [-0.2, 0) is 6.18 Å². The van der Waals surface area contributed by atoms with Crippen LogP contribution in [0.5, 0.6) is 5.88 Å². The van der Waals surface area contributed by atoms with E-state index in [1.165, 1.54) is 12.3 Å². The normalized spacial score (nSPS) is 16.8. The van der Waals surface area contributed by atoms with Gasteiger partial charge in [-0.05, 0) is 12.1 Å². The Morgan fingerprint density at radius 3 is 2.70 bits per heavy atom. The van der Waals surface area contributed by atoms with Gasteiger partial charge in [0.2, 0.25) is 11.7 Å². The van der Waals surface area contributed by atoms with Gasteiger partial charge in [-0.1, -0.05) is 0 Å². The molecular formula is C16H12F3N5O3. The van der Waals surface area contributed by atoms with Crippen molar-refractivity contribution in [2.75, 3.05) is 18.0 Å². The predicted octanol–water partition coefficient (Wildman–Crippen LogP) is 2.93. The molecule has 11 heteroatoms. The van der Waals surface area contributed by atoms with Gasteiger partial charge in [0.05, 0.1) is 17.0 Å². The molecule has 0 aliphatic carbocycles. The van der Waals surface area contributed by atoms with Crippen molar-refractivity contribution >= 4 is 11.5 Å². The lowest BCUT2D eigenvalue weighted by Crippen LogP contribution is -2.26. The average Bonchev–Trinajstić information content (AvgIpc) is 3.09. The lowest BCUT2D eigenvalue weighted by atomic mass is 10.2. The lowest BCUT2D eigenvalue weighted by molar-refractivity contribution is -0.384. The van der Waals surface area contributed by atoms with E-state index < -0.39 is 22.8 Å². The van der Waals surface area contributed by atoms with Gasteiger partial charge in [0.25, 0.3) is 0 Å². The number of hydrogen-bond acceptors (Lipinski definition) is 7. The second-order valence-electron chi connectivity index (χ2n) is 5.76. The number of aromatic nitrogens is 2. The fourth-order valence-corrected chi connectivity index (χ4v) is 2.75. The van der Waals surface area contributed by atoms with E-state index in [0.717, 1.165) is 12.1 Å². The van der Waals surface area contributed by atoms with Crippen LogP contribution in [0, 0.1) is 21.4 Å². The number of ether oxygens (including phenoxy) is 1. The quantitative estimate of drug-likeness (QED) is 0.594. The van der Waals surface area contributed by atoms with Crippen molar-refractivity contribution in [1.29, 1.82) is 5.26 Å². The van der Waals surface area contributed by atoms with E-state index in [1.54, 1.807) is 11.0 Å². The van der Waals surface area contributed by atoms with Crippen molar-refractivity contribution in [2.24, 2.45) is 0 Å². The molecule has 2 aromatic heterocycles. The summed E-state index contributed by atoms with van der Waals surface area (Å²) in [4.78, 5) is 19.9. The summed E-state index contributed by atoms with van der Waals surface area (Å²) in [5.74, 6) is 0.0913. The van der Waals surface area contributed by atoms with Crippen molar-refractivity contribution in [2.45, 2.75) is 18.7 Å². The highest BCUT2D eigenvalue weighted by atomic mass is 19.4. The van der Waals surface area contributed by atoms with Crippen molar-refractivity contribution in [1.82, 2.24) is 9.97 Å². The van der Waals surface area contributed by atoms with Crippen LogP contribution in [0.25, 0.3) is 0 Å². The van der Waals surface area contributed by atoms with Crippen LogP contribution in [0.3, 0.4) is 0 Å². The first kappa shape index (κ1) is 18.4. The number of anilines is 1. The van der Waals surface area contributed by atoms with Crippen LogP contribution < -0.4 is 9.64 Å². The number of hydrogen-bond donors (Lipinski definition) is 0. The Morgan fingerprint density at radius 2 is 2.11 bits per heavy atom. The Balaban J connectivity index is 1.73. The SMILES string of the molecule is N#Cc1ccnc(N2CCC(Oc3ccc(C(F)(F)F)cn3)C2)c1[N+](=O)[O-]. The van der Waals surface area contributed by atoms with Crippen LogP contribution >= 0.6 is 0 Å². The Kier molecular flexibility index (Phi) is 4.81. The maximum Gasteiger partial charge on any atom is 0.417 e. The first-order valence-corrected chi connectivity index (χ1v) is 7.78. The molecule has 1 aliphatic heterocycles. The van der Waals surface area contributed by atoms with Gasteiger partial charge in [-0.15, -0.1) is 0 Å². The summed E-state index contributed by atoms with van der Waals surface area (Å²) in [6.45, 7) is 0.611. The van der Waals surface area contributed by atoms with Gasteiger partial charge in [-0.2, -0.15) is 18.4 Å². The molecule has 0 spiro atoms. The molecule has 1 aliphatic rings. The third-order valence-electron chi connectivity index (χ3n) is 4.00. The maximum atomic E-state index is 12.6. The second-order valence-corrected chi connectivity index (χ2v) is 5.76. The molecule has 1 fully saturated rings. The molecule has 8 nitrogen and oxygen atoms in total. The van der Waals surface area contributed by atoms with Crippen molar-refractivity contribution in [3.8, 4) is 11.9 Å². The van der Waals surface area contributed by atoms with Gasteiger partial charge in [-0.25, -0.2) is 9.97 Å². The van der Waals surface area contributed by atoms with E-state index >= 15 is 0 Å². The Hall–Kier alpha value is -3.42. The smallest absolute Gasteiger partial charge is 0.417 e. The standard InChI is InChI=1S/C16H12F3N5O3/c17-16(18,19)11-1-2-13(22-8-11)27-12-4-6-23(9-12)15-14(24(25)26)10(7-20)3-5-21-15/h1-3,5,8,12H,4,6,9H2. The molecule has 3 rings (SSSR count). The minimum Gasteiger partial charge on any atom is -0.472 e. The first-order valence-electron chi connectivity index (χ1n) is 7.78. The third kappa shape index (κ3) is 3.89. The van der Waals surface area contributed by atoms with Crippen molar-refractivity contribution < 1.29 is 22.8 Å². The number of nitrogens with zero attached hydrogens (tertiary/aromatic N) is 5. The zero-order chi connectivity index (χ0) is 19.6. The molecule has 0 amide bonds. The summed E-state index contributed by atoms with van der Waals surface area (Å²) >= 11 is 0. The summed E-state index contributed by atoms with van der Waals surface area (Å²) in [6.07, 6.45) is -2.44. The highest BCUT2D eigenvalue weighted by Gasteiger charge is 2.33. The highest BCUT2D eigenvalue weighted by Crippen LogP contribution is 2.32. The molecule has 0 radical (unpaired) electrons. The van der Waals surface area contributed by atoms with E-state index in [9.17, 15) is 23.3 Å². The van der Waals surface area contributed by atoms with E-state index in [-0.39, 0.29) is 29.5 Å². The van der Waals surface area contributed by atoms with Gasteiger partial charge in [0.15, 0.2) is 0 Å². The van der Waals surface area contributed by atoms with Crippen LogP contribution in [0.15, 0.2) is 30.6 Å². The lowest BCUT2D eigenvalue weighted by Gasteiger charge is -2.18. The summed E-state index contributed by atoms with van der Waals surface area (Å²) in [5.41, 5.74) is -1.36. The van der Waals surface area contributed by atoms with E-state index in [2.05, 4.69) is 9.97 Å². The molecule has 140 valence electrons. The molecule has 2 aromatic rings. The molecule has 27 heavy (non-hydrogen) atoms. The van der Waals surface area contributed by atoms with Crippen LogP contribution in [0.2, 0.25) is 0 Å². The molecule has 1 atom stereocenters. The van der Waals surface area contributed by atoms with Gasteiger partial charge in [0, 0.05) is 31.4 Å². The van der Waals surface area contributed by atoms with Crippen LogP contribution in [-0.4, -0.2) is 34.1 Å². The number of alkyl halides is 3. The summed E-state index contributed by atoms with van der Waals surface area (Å²) in [5, 5.41) is 20.3. The predicted molar refractivity (Wildman–Crippen MR) is 86.1 cm³/mol. The molecular weight excluding hydrogens is 367 g/mol. The van der Waals surface area contributed by atoms with E-state index in [1.807, 2.05) is 0 Å². The molecule has 1 unspecified atom stereocenters. The van der Waals surface area contributed by atoms with Gasteiger partial charge in [-0.3, -0.25) is 10.1 Å². The van der Waals surface area contributed by atoms with Gasteiger partial charge < -0.3 is 9.64 Å². The number of halogens is 3. The summed E-state index contributed by atoms with van der Waals surface area (Å²) in [7, 11) is 0. The zero-order valence-electron chi connectivity index (χ0n) is 13.7. The topological polar surface area (TPSA) is 105 Å². The van der Waals surface area contributed by atoms with Gasteiger partial charge in [0.1, 0.15) is 17.7 Å². The zero-order valence-corrected chi connectivity index (χ0v) is 13.7. The Bertz CT molecular complexity index is 896. The average molecular weight is 379 g/mol. The largest absolute Gasteiger partial charge is 0.472 e. The number of pyridine rings is 2. The molecule has 0 aromatic carbocycles. The van der Waals surface area contributed by atoms with Crippen LogP contribution in [0.1, 0.15) is 17.5 Å². The molecule has 0 saturated carbocycles. The number of nitro groups is 1. The fraction of sp³-hybridized carbons (Fsp3) is 0.312. The number of rotatable bonds is 4. The molecule has 0 N–H and O–H groups in total. The third-order valence-corrected chi connectivity index (χ3v) is 4.00. The summed E-state index contributed by atoms with van der Waals surface area (Å²) < 4.78 is 43.2. The van der Waals surface area contributed by atoms with Gasteiger partial charge >= 0.3 is 11.9 Å². The monoisotopic (exact) mass is 379 g/mol. The molecule has 3 heterocycles. The Labute approximate surface area is 151 Å². The maximum absolute atomic E-state index is 12.6. The first-order chi connectivity index (χ1) is 12.8. The van der Waals surface area contributed by atoms with Crippen molar-refractivity contribution in [3.63, 3.8) is 0 Å². The van der Waals surface area contributed by atoms with E-state index in [4.69, 9.17) is 10.00 Å². The Morgan fingerprint density at radius 1 is 1.33 bits per heavy atom. The fourth-order valence-electron chi connectivity index (χ4n) is 2.75. The highest BCUT2D eigenvalue weighted by molar-refractivity contribution is 5.65. The van der Waals surface area contributed by atoms with Crippen LogP contribution in [0.4, 0.5) is 24.7 Å². The summed E-state index contributed by atoms with van der Waals surface area (Å²) in [6, 6.07) is 5.03. The minimum absolute atomic E-state index is 0.0306. The molecule has 0 bridgehead atoms. The second kappa shape index (κ2) is 7.06. The number of nitriles is 1. The molecule has 1 saturated heterocycles. The van der Waals surface area contributed by atoms with Crippen molar-refractivity contribution in [3.05, 3.63) is 51.8 Å². The van der Waals surface area contributed by atoms with E-state index in [0.29, 0.717) is 19.2 Å².